The second-order valence-electron chi connectivity index (χ2n) is 5.14. The van der Waals surface area contributed by atoms with Crippen LogP contribution >= 0.6 is 23.2 Å². The summed E-state index contributed by atoms with van der Waals surface area (Å²) in [6.07, 6.45) is -0.895. The van der Waals surface area contributed by atoms with Gasteiger partial charge in [0.15, 0.2) is 0 Å². The number of rotatable bonds is 4. The van der Waals surface area contributed by atoms with Crippen molar-refractivity contribution in [2.75, 3.05) is 6.54 Å². The highest BCUT2D eigenvalue weighted by Gasteiger charge is 2.19. The number of carbonyl (C=O) groups excluding carboxylic acids is 1. The van der Waals surface area contributed by atoms with Crippen LogP contribution in [-0.2, 0) is 0 Å². The fourth-order valence-electron chi connectivity index (χ4n) is 2.29. The van der Waals surface area contributed by atoms with Gasteiger partial charge in [-0.3, -0.25) is 4.79 Å². The van der Waals surface area contributed by atoms with Gasteiger partial charge in [-0.05, 0) is 44.5 Å². The van der Waals surface area contributed by atoms with Crippen molar-refractivity contribution in [3.8, 4) is 0 Å². The zero-order valence-electron chi connectivity index (χ0n) is 12.5. The molecule has 2 N–H and O–H groups in total. The third kappa shape index (κ3) is 3.64. The Labute approximate surface area is 139 Å². The molecule has 6 heteroatoms. The number of hydrogen-bond donors (Lipinski definition) is 2. The lowest BCUT2D eigenvalue weighted by Crippen LogP contribution is -2.29. The van der Waals surface area contributed by atoms with E-state index in [9.17, 15) is 9.90 Å². The van der Waals surface area contributed by atoms with Gasteiger partial charge in [-0.1, -0.05) is 23.2 Å². The third-order valence-electron chi connectivity index (χ3n) is 3.51. The Morgan fingerprint density at radius 3 is 2.27 bits per heavy atom. The zero-order chi connectivity index (χ0) is 16.4. The number of aryl methyl sites for hydroxylation is 2. The Kier molecular flexibility index (Phi) is 5.16. The van der Waals surface area contributed by atoms with Crippen LogP contribution in [0.5, 0.6) is 0 Å². The largest absolute Gasteiger partial charge is 0.466 e. The topological polar surface area (TPSA) is 62.5 Å². The first-order valence-electron chi connectivity index (χ1n) is 6.78. The summed E-state index contributed by atoms with van der Waals surface area (Å²) in [4.78, 5) is 12.2. The molecule has 1 heterocycles. The minimum Gasteiger partial charge on any atom is -0.466 e. The van der Waals surface area contributed by atoms with Crippen molar-refractivity contribution in [1.82, 2.24) is 5.32 Å². The van der Waals surface area contributed by atoms with Crippen LogP contribution in [-0.4, -0.2) is 17.6 Å². The molecule has 1 aromatic carbocycles. The first-order valence-corrected chi connectivity index (χ1v) is 7.54. The zero-order valence-corrected chi connectivity index (χ0v) is 14.0. The predicted molar refractivity (Wildman–Crippen MR) is 86.7 cm³/mol. The van der Waals surface area contributed by atoms with Gasteiger partial charge in [0.2, 0.25) is 0 Å². The van der Waals surface area contributed by atoms with Crippen molar-refractivity contribution >= 4 is 29.1 Å². The number of hydrogen-bond acceptors (Lipinski definition) is 3. The number of aliphatic hydroxyl groups is 1. The fourth-order valence-corrected chi connectivity index (χ4v) is 2.83. The highest BCUT2D eigenvalue weighted by atomic mass is 35.5. The van der Waals surface area contributed by atoms with Gasteiger partial charge in [0, 0.05) is 22.2 Å². The number of amides is 1. The lowest BCUT2D eigenvalue weighted by atomic mass is 10.1. The maximum atomic E-state index is 12.2. The highest BCUT2D eigenvalue weighted by Crippen LogP contribution is 2.24. The molecule has 1 unspecified atom stereocenters. The minimum absolute atomic E-state index is 0.0542. The molecule has 22 heavy (non-hydrogen) atoms. The Bertz CT molecular complexity index is 689. The molecule has 1 atom stereocenters. The van der Waals surface area contributed by atoms with E-state index in [1.807, 2.05) is 13.8 Å². The number of carbonyl (C=O) groups is 1. The molecule has 0 saturated heterocycles. The van der Waals surface area contributed by atoms with Gasteiger partial charge in [-0.15, -0.1) is 0 Å². The number of furan rings is 1. The van der Waals surface area contributed by atoms with E-state index in [-0.39, 0.29) is 12.5 Å². The van der Waals surface area contributed by atoms with Crippen LogP contribution in [0.3, 0.4) is 0 Å². The Hall–Kier alpha value is -1.49. The van der Waals surface area contributed by atoms with E-state index < -0.39 is 6.10 Å². The van der Waals surface area contributed by atoms with Gasteiger partial charge in [-0.2, -0.15) is 0 Å². The van der Waals surface area contributed by atoms with Crippen molar-refractivity contribution in [1.29, 1.82) is 0 Å². The number of benzene rings is 1. The van der Waals surface area contributed by atoms with Crippen LogP contribution < -0.4 is 5.32 Å². The fraction of sp³-hybridized carbons (Fsp3) is 0.312. The van der Waals surface area contributed by atoms with E-state index in [0.29, 0.717) is 32.7 Å². The van der Waals surface area contributed by atoms with Crippen LogP contribution in [0, 0.1) is 20.8 Å². The molecule has 0 fully saturated rings. The summed E-state index contributed by atoms with van der Waals surface area (Å²) in [5.41, 5.74) is 1.86. The highest BCUT2D eigenvalue weighted by molar-refractivity contribution is 6.34. The van der Waals surface area contributed by atoms with Crippen LogP contribution in [0.1, 0.15) is 39.1 Å². The summed E-state index contributed by atoms with van der Waals surface area (Å²) < 4.78 is 5.43. The standard InChI is InChI=1S/C16H17Cl2NO3/c1-8-9(2)22-10(3)15(8)16(21)19-7-14(20)11-4-12(17)6-13(18)5-11/h4-6,14,20H,7H2,1-3H3,(H,19,21). The van der Waals surface area contributed by atoms with Gasteiger partial charge in [-0.25, -0.2) is 0 Å². The van der Waals surface area contributed by atoms with E-state index >= 15 is 0 Å². The van der Waals surface area contributed by atoms with E-state index in [2.05, 4.69) is 5.32 Å². The van der Waals surface area contributed by atoms with Crippen molar-refractivity contribution in [2.45, 2.75) is 26.9 Å². The molecule has 0 radical (unpaired) electrons. The predicted octanol–water partition coefficient (Wildman–Crippen LogP) is 3.98. The van der Waals surface area contributed by atoms with Crippen molar-refractivity contribution in [2.24, 2.45) is 0 Å². The Balaban J connectivity index is 2.07. The second kappa shape index (κ2) is 6.73. The number of halogens is 2. The van der Waals surface area contributed by atoms with E-state index in [0.717, 1.165) is 5.56 Å². The molecule has 0 aliphatic rings. The SMILES string of the molecule is Cc1oc(C)c(C(=O)NCC(O)c2cc(Cl)cc(Cl)c2)c1C. The van der Waals surface area contributed by atoms with Crippen molar-refractivity contribution in [3.05, 3.63) is 56.5 Å². The molecule has 2 rings (SSSR count). The Morgan fingerprint density at radius 1 is 1.18 bits per heavy atom. The molecule has 118 valence electrons. The number of aliphatic hydroxyl groups excluding tert-OH is 1. The minimum atomic E-state index is -0.895. The van der Waals surface area contributed by atoms with Crippen LogP contribution in [0.25, 0.3) is 0 Å². The summed E-state index contributed by atoms with van der Waals surface area (Å²) in [6.45, 7) is 5.43. The van der Waals surface area contributed by atoms with E-state index in [4.69, 9.17) is 27.6 Å². The van der Waals surface area contributed by atoms with E-state index in [1.54, 1.807) is 25.1 Å². The van der Waals surface area contributed by atoms with Crippen LogP contribution in [0.4, 0.5) is 0 Å². The average Bonchev–Trinajstić information content (AvgIpc) is 2.68. The lowest BCUT2D eigenvalue weighted by molar-refractivity contribution is 0.0914. The third-order valence-corrected chi connectivity index (χ3v) is 3.95. The van der Waals surface area contributed by atoms with Crippen molar-refractivity contribution < 1.29 is 14.3 Å². The lowest BCUT2D eigenvalue weighted by Gasteiger charge is -2.13. The molecular weight excluding hydrogens is 325 g/mol. The Morgan fingerprint density at radius 2 is 1.77 bits per heavy atom. The van der Waals surface area contributed by atoms with Gasteiger partial charge < -0.3 is 14.8 Å². The average molecular weight is 342 g/mol. The normalized spacial score (nSPS) is 12.3. The summed E-state index contributed by atoms with van der Waals surface area (Å²) >= 11 is 11.8. The quantitative estimate of drug-likeness (QED) is 0.884. The molecule has 4 nitrogen and oxygen atoms in total. The maximum Gasteiger partial charge on any atom is 0.255 e. The molecule has 1 amide bonds. The van der Waals surface area contributed by atoms with Gasteiger partial charge in [0.25, 0.3) is 5.91 Å². The summed E-state index contributed by atoms with van der Waals surface area (Å²) in [5.74, 6) is 0.997. The molecule has 0 bridgehead atoms. The second-order valence-corrected chi connectivity index (χ2v) is 6.02. The van der Waals surface area contributed by atoms with Crippen LogP contribution in [0.2, 0.25) is 10.0 Å². The summed E-state index contributed by atoms with van der Waals surface area (Å²) in [7, 11) is 0. The molecule has 0 aliphatic carbocycles. The number of nitrogens with one attached hydrogen (secondary N) is 1. The van der Waals surface area contributed by atoms with E-state index in [1.165, 1.54) is 0 Å². The van der Waals surface area contributed by atoms with Gasteiger partial charge >= 0.3 is 0 Å². The van der Waals surface area contributed by atoms with Crippen LogP contribution in [0.15, 0.2) is 22.6 Å². The molecule has 0 aliphatic heterocycles. The first kappa shape index (κ1) is 16.9. The first-order chi connectivity index (χ1) is 10.3. The maximum absolute atomic E-state index is 12.2. The summed E-state index contributed by atoms with van der Waals surface area (Å²) in [5, 5.41) is 13.7. The molecule has 1 aromatic heterocycles. The summed E-state index contributed by atoms with van der Waals surface area (Å²) in [6, 6.07) is 4.81. The monoisotopic (exact) mass is 341 g/mol. The van der Waals surface area contributed by atoms with Crippen molar-refractivity contribution in [3.63, 3.8) is 0 Å². The molecule has 2 aromatic rings. The molecule has 0 saturated carbocycles. The van der Waals surface area contributed by atoms with Gasteiger partial charge in [0.05, 0.1) is 11.7 Å². The smallest absolute Gasteiger partial charge is 0.255 e. The van der Waals surface area contributed by atoms with Gasteiger partial charge in [0.1, 0.15) is 11.5 Å². The molecular formula is C16H17Cl2NO3. The molecule has 0 spiro atoms.